The Morgan fingerprint density at radius 1 is 0.659 bits per heavy atom. The van der Waals surface area contributed by atoms with Crippen LogP contribution in [0.4, 0.5) is 0 Å². The van der Waals surface area contributed by atoms with E-state index in [1.54, 1.807) is 0 Å². The van der Waals surface area contributed by atoms with Gasteiger partial charge in [0.15, 0.2) is 0 Å². The van der Waals surface area contributed by atoms with Crippen LogP contribution in [0.2, 0.25) is 0 Å². The van der Waals surface area contributed by atoms with Gasteiger partial charge >= 0.3 is 11.9 Å². The molecule has 5 aromatic rings. The summed E-state index contributed by atoms with van der Waals surface area (Å²) in [6.45, 7) is 9.87. The van der Waals surface area contributed by atoms with Crippen molar-refractivity contribution in [3.63, 3.8) is 0 Å². The Labute approximate surface area is 258 Å². The quantitative estimate of drug-likeness (QED) is 0.0676. The van der Waals surface area contributed by atoms with Gasteiger partial charge in [0.1, 0.15) is 0 Å². The second-order valence-electron chi connectivity index (χ2n) is 11.4. The highest BCUT2D eigenvalue weighted by Gasteiger charge is 2.42. The first-order valence-electron chi connectivity index (χ1n) is 15.2. The van der Waals surface area contributed by atoms with Crippen LogP contribution in [0, 0.1) is 6.92 Å². The summed E-state index contributed by atoms with van der Waals surface area (Å²) in [7, 11) is 0. The molecule has 0 N–H and O–H groups in total. The van der Waals surface area contributed by atoms with E-state index in [-0.39, 0.29) is 5.41 Å². The normalized spacial score (nSPS) is 12.8. The van der Waals surface area contributed by atoms with E-state index in [2.05, 4.69) is 111 Å². The average molecular weight is 581 g/mol. The van der Waals surface area contributed by atoms with E-state index < -0.39 is 11.9 Å². The van der Waals surface area contributed by atoms with Gasteiger partial charge in [0, 0.05) is 17.6 Å². The van der Waals surface area contributed by atoms with Gasteiger partial charge in [0.25, 0.3) is 0 Å². The molecule has 0 bridgehead atoms. The van der Waals surface area contributed by atoms with Gasteiger partial charge in [0.2, 0.25) is 0 Å². The molecule has 1 aliphatic rings. The van der Waals surface area contributed by atoms with E-state index in [1.165, 1.54) is 72.6 Å². The Bertz CT molecular complexity index is 1830. The van der Waals surface area contributed by atoms with Crippen LogP contribution in [0.15, 0.2) is 116 Å². The molecule has 0 atom stereocenters. The van der Waals surface area contributed by atoms with Crippen molar-refractivity contribution >= 4 is 33.5 Å². The summed E-state index contributed by atoms with van der Waals surface area (Å²) < 4.78 is 10.8. The zero-order valence-corrected chi connectivity index (χ0v) is 25.1. The molecule has 4 nitrogen and oxygen atoms in total. The number of fused-ring (bicyclic) bond motifs is 5. The minimum Gasteiger partial charge on any atom is -0.463 e. The lowest BCUT2D eigenvalue weighted by molar-refractivity contribution is -0.138. The fourth-order valence-electron chi connectivity index (χ4n) is 7.14. The van der Waals surface area contributed by atoms with Gasteiger partial charge in [-0.2, -0.15) is 0 Å². The van der Waals surface area contributed by atoms with Crippen molar-refractivity contribution in [2.45, 2.75) is 38.0 Å². The maximum atomic E-state index is 11.8. The summed E-state index contributed by atoms with van der Waals surface area (Å²) in [6, 6.07) is 32.8. The van der Waals surface area contributed by atoms with Crippen molar-refractivity contribution in [2.75, 3.05) is 13.2 Å². The van der Waals surface area contributed by atoms with Crippen LogP contribution in [0.5, 0.6) is 0 Å². The van der Waals surface area contributed by atoms with E-state index in [0.29, 0.717) is 26.1 Å². The number of hydrogen-bond donors (Lipinski definition) is 0. The molecular formula is C40H36O4. The molecule has 220 valence electrons. The molecule has 0 spiro atoms. The smallest absolute Gasteiger partial charge is 0.330 e. The molecule has 6 rings (SSSR count). The number of rotatable bonds is 11. The number of esters is 2. The van der Waals surface area contributed by atoms with Crippen LogP contribution < -0.4 is 0 Å². The van der Waals surface area contributed by atoms with Gasteiger partial charge in [0.05, 0.1) is 13.2 Å². The van der Waals surface area contributed by atoms with Gasteiger partial charge in [-0.1, -0.05) is 98.1 Å². The third-order valence-electron chi connectivity index (χ3n) is 9.08. The zero-order chi connectivity index (χ0) is 30.7. The van der Waals surface area contributed by atoms with Gasteiger partial charge < -0.3 is 9.47 Å². The van der Waals surface area contributed by atoms with Crippen LogP contribution in [0.25, 0.3) is 43.8 Å². The van der Waals surface area contributed by atoms with Crippen LogP contribution >= 0.6 is 0 Å². The van der Waals surface area contributed by atoms with Crippen LogP contribution in [0.3, 0.4) is 0 Å². The Balaban J connectivity index is 1.51. The lowest BCUT2D eigenvalue weighted by Gasteiger charge is -2.33. The lowest BCUT2D eigenvalue weighted by Crippen LogP contribution is -2.27. The van der Waals surface area contributed by atoms with E-state index in [0.717, 1.165) is 12.8 Å². The number of carbonyl (C=O) groups is 2. The number of hydrogen-bond acceptors (Lipinski definition) is 4. The molecule has 1 aliphatic carbocycles. The molecule has 0 fully saturated rings. The maximum Gasteiger partial charge on any atom is 0.330 e. The standard InChI is InChI=1S/C40H36O4/c1-4-37(41)43-24-12-22-40(23-13-25-44-38(42)5-2)35-19-11-10-16-31(35)32-21-20-28(26-36(32)40)39-33-17-8-6-14-29(33)27(3)30-15-7-9-18-34(30)39/h4-11,14-21,26H,1-2,12-13,22-25H2,3H3. The number of aryl methyl sites for hydroxylation is 1. The van der Waals surface area contributed by atoms with Gasteiger partial charge in [-0.3, -0.25) is 0 Å². The molecule has 4 heteroatoms. The summed E-state index contributed by atoms with van der Waals surface area (Å²) in [5.41, 5.74) is 8.30. The molecule has 0 aromatic heterocycles. The van der Waals surface area contributed by atoms with Crippen molar-refractivity contribution in [3.05, 3.63) is 133 Å². The first-order valence-corrected chi connectivity index (χ1v) is 15.2. The Morgan fingerprint density at radius 2 is 1.16 bits per heavy atom. The largest absolute Gasteiger partial charge is 0.463 e. The second kappa shape index (κ2) is 12.3. The SMILES string of the molecule is C=CC(=O)OCCCC1(CCCOC(=O)C=C)c2ccccc2-c2ccc(-c3c4ccccc4c(C)c4ccccc34)cc21. The summed E-state index contributed by atoms with van der Waals surface area (Å²) in [6.07, 6.45) is 5.31. The van der Waals surface area contributed by atoms with E-state index in [1.807, 2.05) is 0 Å². The van der Waals surface area contributed by atoms with E-state index in [9.17, 15) is 9.59 Å². The third-order valence-corrected chi connectivity index (χ3v) is 9.08. The monoisotopic (exact) mass is 580 g/mol. The molecule has 44 heavy (non-hydrogen) atoms. The molecule has 0 heterocycles. The highest BCUT2D eigenvalue weighted by Crippen LogP contribution is 2.55. The topological polar surface area (TPSA) is 52.6 Å². The molecular weight excluding hydrogens is 544 g/mol. The van der Waals surface area contributed by atoms with Crippen molar-refractivity contribution in [1.29, 1.82) is 0 Å². The minimum atomic E-state index is -0.414. The first-order chi connectivity index (χ1) is 21.5. The Kier molecular flexibility index (Phi) is 8.17. The summed E-state index contributed by atoms with van der Waals surface area (Å²) in [5.74, 6) is -0.828. The van der Waals surface area contributed by atoms with Gasteiger partial charge in [-0.15, -0.1) is 0 Å². The van der Waals surface area contributed by atoms with Crippen LogP contribution in [-0.4, -0.2) is 25.2 Å². The van der Waals surface area contributed by atoms with Crippen LogP contribution in [-0.2, 0) is 24.5 Å². The molecule has 5 aromatic carbocycles. The van der Waals surface area contributed by atoms with Crippen LogP contribution in [0.1, 0.15) is 42.4 Å². The summed E-state index contributed by atoms with van der Waals surface area (Å²) >= 11 is 0. The maximum absolute atomic E-state index is 11.8. The van der Waals surface area contributed by atoms with Crippen molar-refractivity contribution in [1.82, 2.24) is 0 Å². The Hall–Kier alpha value is -4.96. The zero-order valence-electron chi connectivity index (χ0n) is 25.1. The molecule has 0 saturated heterocycles. The van der Waals surface area contributed by atoms with E-state index in [4.69, 9.17) is 9.47 Å². The predicted octanol–water partition coefficient (Wildman–Crippen LogP) is 9.25. The highest BCUT2D eigenvalue weighted by molar-refractivity contribution is 6.15. The van der Waals surface area contributed by atoms with Crippen molar-refractivity contribution in [3.8, 4) is 22.3 Å². The molecule has 0 unspecified atom stereocenters. The average Bonchev–Trinajstić information content (AvgIpc) is 3.34. The van der Waals surface area contributed by atoms with E-state index >= 15 is 0 Å². The molecule has 0 amide bonds. The minimum absolute atomic E-state index is 0.308. The first kappa shape index (κ1) is 29.1. The Morgan fingerprint density at radius 3 is 1.73 bits per heavy atom. The fraction of sp³-hybridized carbons (Fsp3) is 0.200. The number of benzene rings is 5. The van der Waals surface area contributed by atoms with Gasteiger partial charge in [-0.25, -0.2) is 9.59 Å². The summed E-state index contributed by atoms with van der Waals surface area (Å²) in [4.78, 5) is 23.7. The number of carbonyl (C=O) groups excluding carboxylic acids is 2. The lowest BCUT2D eigenvalue weighted by atomic mass is 9.71. The third kappa shape index (κ3) is 5.11. The molecule has 0 aliphatic heterocycles. The molecule has 0 saturated carbocycles. The molecule has 0 radical (unpaired) electrons. The highest BCUT2D eigenvalue weighted by atomic mass is 16.5. The summed E-state index contributed by atoms with van der Waals surface area (Å²) in [5, 5.41) is 4.98. The predicted molar refractivity (Wildman–Crippen MR) is 179 cm³/mol. The van der Waals surface area contributed by atoms with Crippen molar-refractivity contribution < 1.29 is 19.1 Å². The fourth-order valence-corrected chi connectivity index (χ4v) is 7.14. The number of ether oxygens (including phenoxy) is 2. The second-order valence-corrected chi connectivity index (χ2v) is 11.4. The van der Waals surface area contributed by atoms with Crippen molar-refractivity contribution in [2.24, 2.45) is 0 Å². The van der Waals surface area contributed by atoms with Gasteiger partial charge in [-0.05, 0) is 99.2 Å².